The predicted octanol–water partition coefficient (Wildman–Crippen LogP) is 3.43. The SMILES string of the molecule is Nc1cccc(C=NCc2cc(N3CCOCC3)n3nc(-c4ccccc4)cc3n2)c1. The van der Waals surface area contributed by atoms with Gasteiger partial charge in [0, 0.05) is 42.7 Å². The van der Waals surface area contributed by atoms with Crippen LogP contribution in [0.25, 0.3) is 16.9 Å². The highest BCUT2D eigenvalue weighted by Crippen LogP contribution is 2.24. The number of anilines is 2. The molecular formula is C24H24N6O. The van der Waals surface area contributed by atoms with E-state index in [0.29, 0.717) is 19.8 Å². The van der Waals surface area contributed by atoms with E-state index in [1.54, 1.807) is 0 Å². The zero-order valence-corrected chi connectivity index (χ0v) is 17.2. The molecule has 1 aliphatic heterocycles. The highest BCUT2D eigenvalue weighted by molar-refractivity contribution is 5.81. The Labute approximate surface area is 180 Å². The zero-order valence-electron chi connectivity index (χ0n) is 17.2. The molecule has 1 aliphatic rings. The number of aliphatic imine (C=N–C) groups is 1. The molecule has 156 valence electrons. The Kier molecular flexibility index (Phi) is 5.33. The van der Waals surface area contributed by atoms with Crippen molar-refractivity contribution in [2.75, 3.05) is 36.9 Å². The molecule has 1 saturated heterocycles. The third kappa shape index (κ3) is 4.27. The lowest BCUT2D eigenvalue weighted by Gasteiger charge is -2.29. The van der Waals surface area contributed by atoms with Crippen molar-refractivity contribution in [3.8, 4) is 11.3 Å². The molecule has 2 aromatic carbocycles. The van der Waals surface area contributed by atoms with Crippen molar-refractivity contribution in [2.24, 2.45) is 4.99 Å². The second-order valence-electron chi connectivity index (χ2n) is 7.51. The second-order valence-corrected chi connectivity index (χ2v) is 7.51. The molecule has 4 aromatic rings. The van der Waals surface area contributed by atoms with Gasteiger partial charge in [-0.25, -0.2) is 4.98 Å². The number of nitrogens with zero attached hydrogens (tertiary/aromatic N) is 5. The van der Waals surface area contributed by atoms with Gasteiger partial charge < -0.3 is 15.4 Å². The van der Waals surface area contributed by atoms with E-state index in [4.69, 9.17) is 20.6 Å². The van der Waals surface area contributed by atoms with Gasteiger partial charge in [-0.1, -0.05) is 42.5 Å². The molecule has 0 bridgehead atoms. The van der Waals surface area contributed by atoms with Crippen LogP contribution in [0.3, 0.4) is 0 Å². The molecule has 0 amide bonds. The van der Waals surface area contributed by atoms with Crippen LogP contribution in [-0.4, -0.2) is 47.1 Å². The van der Waals surface area contributed by atoms with E-state index >= 15 is 0 Å². The standard InChI is InChI=1S/C24H24N6O/c25-20-8-4-5-18(13-20)16-26-17-21-14-24(29-9-11-31-12-10-29)30-23(27-21)15-22(28-30)19-6-2-1-3-7-19/h1-8,13-16H,9-12,17,25H2. The summed E-state index contributed by atoms with van der Waals surface area (Å²) in [6, 6.07) is 22.0. The lowest BCUT2D eigenvalue weighted by atomic mass is 10.2. The zero-order chi connectivity index (χ0) is 21.0. The number of rotatable bonds is 5. The maximum atomic E-state index is 5.86. The first kappa shape index (κ1) is 19.3. The monoisotopic (exact) mass is 412 g/mol. The van der Waals surface area contributed by atoms with E-state index in [1.165, 1.54) is 0 Å². The van der Waals surface area contributed by atoms with Crippen molar-refractivity contribution < 1.29 is 4.74 Å². The van der Waals surface area contributed by atoms with E-state index in [1.807, 2.05) is 59.3 Å². The predicted molar refractivity (Wildman–Crippen MR) is 124 cm³/mol. The number of ether oxygens (including phenoxy) is 1. The van der Waals surface area contributed by atoms with Crippen LogP contribution in [-0.2, 0) is 11.3 Å². The molecule has 0 saturated carbocycles. The molecule has 0 unspecified atom stereocenters. The highest BCUT2D eigenvalue weighted by Gasteiger charge is 2.18. The smallest absolute Gasteiger partial charge is 0.158 e. The summed E-state index contributed by atoms with van der Waals surface area (Å²) < 4.78 is 7.47. The Hall–Kier alpha value is -3.71. The fourth-order valence-electron chi connectivity index (χ4n) is 3.74. The molecule has 2 aromatic heterocycles. The summed E-state index contributed by atoms with van der Waals surface area (Å²) in [7, 11) is 0. The number of hydrogen-bond donors (Lipinski definition) is 1. The van der Waals surface area contributed by atoms with Crippen LogP contribution in [0.5, 0.6) is 0 Å². The van der Waals surface area contributed by atoms with Gasteiger partial charge in [0.1, 0.15) is 5.82 Å². The minimum Gasteiger partial charge on any atom is -0.399 e. The van der Waals surface area contributed by atoms with Crippen molar-refractivity contribution in [3.05, 3.63) is 78.0 Å². The molecular weight excluding hydrogens is 388 g/mol. The number of hydrogen-bond acceptors (Lipinski definition) is 6. The highest BCUT2D eigenvalue weighted by atomic mass is 16.5. The Bertz CT molecular complexity index is 1210. The van der Waals surface area contributed by atoms with Crippen LogP contribution in [0.2, 0.25) is 0 Å². The quantitative estimate of drug-likeness (QED) is 0.401. The van der Waals surface area contributed by atoms with Crippen LogP contribution in [0.1, 0.15) is 11.3 Å². The molecule has 31 heavy (non-hydrogen) atoms. The molecule has 0 aliphatic carbocycles. The van der Waals surface area contributed by atoms with Crippen LogP contribution in [0.15, 0.2) is 71.7 Å². The third-order valence-corrected chi connectivity index (χ3v) is 5.27. The lowest BCUT2D eigenvalue weighted by Crippen LogP contribution is -2.37. The van der Waals surface area contributed by atoms with Crippen molar-refractivity contribution in [3.63, 3.8) is 0 Å². The van der Waals surface area contributed by atoms with E-state index in [-0.39, 0.29) is 0 Å². The van der Waals surface area contributed by atoms with Crippen molar-refractivity contribution in [1.82, 2.24) is 14.6 Å². The van der Waals surface area contributed by atoms with Gasteiger partial charge in [-0.15, -0.1) is 0 Å². The molecule has 7 heteroatoms. The molecule has 7 nitrogen and oxygen atoms in total. The van der Waals surface area contributed by atoms with Crippen LogP contribution < -0.4 is 10.6 Å². The van der Waals surface area contributed by atoms with E-state index < -0.39 is 0 Å². The largest absolute Gasteiger partial charge is 0.399 e. The summed E-state index contributed by atoms with van der Waals surface area (Å²) in [6.45, 7) is 3.55. The summed E-state index contributed by atoms with van der Waals surface area (Å²) in [5.41, 5.74) is 11.3. The van der Waals surface area contributed by atoms with Crippen LogP contribution in [0.4, 0.5) is 11.5 Å². The van der Waals surface area contributed by atoms with Gasteiger partial charge in [0.15, 0.2) is 5.65 Å². The maximum Gasteiger partial charge on any atom is 0.158 e. The maximum absolute atomic E-state index is 5.86. The van der Waals surface area contributed by atoms with E-state index in [9.17, 15) is 0 Å². The number of nitrogens with two attached hydrogens (primary N) is 1. The molecule has 0 spiro atoms. The number of morpholine rings is 1. The Morgan fingerprint density at radius 3 is 2.65 bits per heavy atom. The van der Waals surface area contributed by atoms with Gasteiger partial charge in [0.05, 0.1) is 31.1 Å². The molecule has 1 fully saturated rings. The Balaban J connectivity index is 1.50. The summed E-state index contributed by atoms with van der Waals surface area (Å²) in [5.74, 6) is 1.02. The summed E-state index contributed by atoms with van der Waals surface area (Å²) in [6.07, 6.45) is 1.84. The number of aromatic nitrogens is 3. The third-order valence-electron chi connectivity index (χ3n) is 5.27. The van der Waals surface area contributed by atoms with Crippen LogP contribution in [0, 0.1) is 0 Å². The van der Waals surface area contributed by atoms with Gasteiger partial charge >= 0.3 is 0 Å². The molecule has 5 rings (SSSR count). The Morgan fingerprint density at radius 1 is 1.00 bits per heavy atom. The molecule has 0 atom stereocenters. The van der Waals surface area contributed by atoms with Gasteiger partial charge in [-0.3, -0.25) is 4.99 Å². The summed E-state index contributed by atoms with van der Waals surface area (Å²) >= 11 is 0. The van der Waals surface area contributed by atoms with Crippen molar-refractivity contribution in [1.29, 1.82) is 0 Å². The topological polar surface area (TPSA) is 81.0 Å². The molecule has 2 N–H and O–H groups in total. The molecule has 0 radical (unpaired) electrons. The fraction of sp³-hybridized carbons (Fsp3) is 0.208. The normalized spacial score (nSPS) is 14.5. The second kappa shape index (κ2) is 8.57. The van der Waals surface area contributed by atoms with E-state index in [2.05, 4.69) is 28.1 Å². The van der Waals surface area contributed by atoms with Crippen molar-refractivity contribution >= 4 is 23.4 Å². The van der Waals surface area contributed by atoms with Gasteiger partial charge in [-0.05, 0) is 17.7 Å². The first-order valence-corrected chi connectivity index (χ1v) is 10.4. The average molecular weight is 412 g/mol. The summed E-state index contributed by atoms with van der Waals surface area (Å²) in [4.78, 5) is 11.7. The van der Waals surface area contributed by atoms with Crippen molar-refractivity contribution in [2.45, 2.75) is 6.54 Å². The molecule has 3 heterocycles. The lowest BCUT2D eigenvalue weighted by molar-refractivity contribution is 0.122. The number of nitrogen functional groups attached to an aromatic ring is 1. The van der Waals surface area contributed by atoms with Gasteiger partial charge in [0.25, 0.3) is 0 Å². The number of benzene rings is 2. The first-order chi connectivity index (χ1) is 15.3. The van der Waals surface area contributed by atoms with Gasteiger partial charge in [0.2, 0.25) is 0 Å². The minimum absolute atomic E-state index is 0.481. The first-order valence-electron chi connectivity index (χ1n) is 10.4. The van der Waals surface area contributed by atoms with E-state index in [0.717, 1.165) is 52.8 Å². The average Bonchev–Trinajstić information content (AvgIpc) is 3.24. The van der Waals surface area contributed by atoms with Crippen LogP contribution >= 0.6 is 0 Å². The minimum atomic E-state index is 0.481. The van der Waals surface area contributed by atoms with Gasteiger partial charge in [-0.2, -0.15) is 9.61 Å². The Morgan fingerprint density at radius 2 is 1.84 bits per heavy atom. The summed E-state index contributed by atoms with van der Waals surface area (Å²) in [5, 5.41) is 4.86. The number of fused-ring (bicyclic) bond motifs is 1. The fourth-order valence-corrected chi connectivity index (χ4v) is 3.74.